The van der Waals surface area contributed by atoms with Crippen LogP contribution in [0.15, 0.2) is 66.7 Å². The van der Waals surface area contributed by atoms with Crippen molar-refractivity contribution < 1.29 is 29.0 Å². The van der Waals surface area contributed by atoms with E-state index in [2.05, 4.69) is 24.4 Å². The number of allylic oxidation sites excluding steroid dienone is 1. The van der Waals surface area contributed by atoms with Crippen molar-refractivity contribution in [3.05, 3.63) is 77.9 Å². The number of hydrogen-bond acceptors (Lipinski definition) is 6. The molecule has 2 rings (SSSR count). The van der Waals surface area contributed by atoms with Crippen LogP contribution in [0.4, 0.5) is 0 Å². The second-order valence-electron chi connectivity index (χ2n) is 10.7. The number of ether oxygens (including phenoxy) is 2. The lowest BCUT2D eigenvalue weighted by Crippen LogP contribution is -2.28. The van der Waals surface area contributed by atoms with Gasteiger partial charge >= 0.3 is 11.9 Å². The Balaban J connectivity index is 1.51. The summed E-state index contributed by atoms with van der Waals surface area (Å²) in [6, 6.07) is 16.3. The predicted octanol–water partition coefficient (Wildman–Crippen LogP) is 7.35. The molecule has 0 spiro atoms. The van der Waals surface area contributed by atoms with E-state index in [0.717, 1.165) is 68.9 Å². The maximum atomic E-state index is 12.5. The van der Waals surface area contributed by atoms with E-state index in [-0.39, 0.29) is 36.3 Å². The number of esters is 2. The van der Waals surface area contributed by atoms with Crippen molar-refractivity contribution in [1.29, 1.82) is 0 Å². The molecule has 7 nitrogen and oxygen atoms in total. The summed E-state index contributed by atoms with van der Waals surface area (Å²) >= 11 is 0. The van der Waals surface area contributed by atoms with Crippen molar-refractivity contribution in [3.63, 3.8) is 0 Å². The lowest BCUT2D eigenvalue weighted by Gasteiger charge is -2.16. The fourth-order valence-electron chi connectivity index (χ4n) is 4.53. The Morgan fingerprint density at radius 2 is 1.52 bits per heavy atom. The monoisotopic (exact) mass is 579 g/mol. The van der Waals surface area contributed by atoms with E-state index in [9.17, 15) is 19.5 Å². The first kappa shape index (κ1) is 34.6. The van der Waals surface area contributed by atoms with Crippen LogP contribution in [0.2, 0.25) is 0 Å². The molecule has 0 saturated carbocycles. The number of rotatable bonds is 22. The van der Waals surface area contributed by atoms with E-state index in [4.69, 9.17) is 9.47 Å². The van der Waals surface area contributed by atoms with Crippen LogP contribution in [0.1, 0.15) is 102 Å². The topological polar surface area (TPSA) is 102 Å². The lowest BCUT2D eigenvalue weighted by atomic mass is 10.1. The smallest absolute Gasteiger partial charge is 0.310 e. The third kappa shape index (κ3) is 17.3. The summed E-state index contributed by atoms with van der Waals surface area (Å²) in [6.45, 7) is 2.23. The Kier molecular flexibility index (Phi) is 18.2. The molecule has 0 aromatic heterocycles. The first-order chi connectivity index (χ1) is 20.5. The Morgan fingerprint density at radius 3 is 2.29 bits per heavy atom. The summed E-state index contributed by atoms with van der Waals surface area (Å²) < 4.78 is 10.9. The molecule has 1 amide bonds. The van der Waals surface area contributed by atoms with Crippen LogP contribution in [0.5, 0.6) is 5.75 Å². The van der Waals surface area contributed by atoms with E-state index in [1.807, 2.05) is 30.3 Å². The van der Waals surface area contributed by atoms with Crippen molar-refractivity contribution in [1.82, 2.24) is 5.32 Å². The number of nitrogens with one attached hydrogen (secondary N) is 1. The first-order valence-electron chi connectivity index (χ1n) is 15.5. The van der Waals surface area contributed by atoms with Gasteiger partial charge in [0.1, 0.15) is 11.9 Å². The van der Waals surface area contributed by atoms with Crippen molar-refractivity contribution in [3.8, 4) is 5.75 Å². The maximum absolute atomic E-state index is 12.5. The third-order valence-corrected chi connectivity index (χ3v) is 6.98. The van der Waals surface area contributed by atoms with Gasteiger partial charge in [0.15, 0.2) is 6.61 Å². The number of amides is 1. The molecule has 2 aromatic carbocycles. The molecule has 0 heterocycles. The summed E-state index contributed by atoms with van der Waals surface area (Å²) in [5.74, 6) is -0.694. The number of carbonyl (C=O) groups excluding carboxylic acids is 3. The van der Waals surface area contributed by atoms with E-state index in [1.165, 1.54) is 19.3 Å². The molecule has 0 aliphatic rings. The number of unbranched alkanes of at least 4 members (excludes halogenated alkanes) is 8. The molecule has 2 aromatic rings. The largest absolute Gasteiger partial charge is 0.508 e. The number of phenolic OH excluding ortho intramolecular Hbond substituents is 1. The normalized spacial score (nSPS) is 11.7. The third-order valence-electron chi connectivity index (χ3n) is 6.98. The molecular weight excluding hydrogens is 530 g/mol. The number of carbonyl (C=O) groups is 3. The van der Waals surface area contributed by atoms with Gasteiger partial charge in [-0.15, -0.1) is 0 Å². The van der Waals surface area contributed by atoms with Gasteiger partial charge in [0.25, 0.3) is 5.91 Å². The van der Waals surface area contributed by atoms with Gasteiger partial charge in [0.2, 0.25) is 0 Å². The number of benzene rings is 2. The van der Waals surface area contributed by atoms with Crippen LogP contribution in [-0.2, 0) is 36.8 Å². The molecule has 0 saturated heterocycles. The van der Waals surface area contributed by atoms with Gasteiger partial charge in [-0.1, -0.05) is 100 Å². The molecule has 0 fully saturated rings. The average molecular weight is 580 g/mol. The quantitative estimate of drug-likeness (QED) is 0.0859. The van der Waals surface area contributed by atoms with Gasteiger partial charge in [0, 0.05) is 19.4 Å². The minimum absolute atomic E-state index is 0.0700. The van der Waals surface area contributed by atoms with Crippen molar-refractivity contribution in [2.45, 2.75) is 109 Å². The van der Waals surface area contributed by atoms with Crippen molar-refractivity contribution in [2.75, 3.05) is 6.61 Å². The van der Waals surface area contributed by atoms with Gasteiger partial charge in [-0.2, -0.15) is 0 Å². The molecule has 1 unspecified atom stereocenters. The summed E-state index contributed by atoms with van der Waals surface area (Å²) in [4.78, 5) is 36.2. The van der Waals surface area contributed by atoms with E-state index >= 15 is 0 Å². The highest BCUT2D eigenvalue weighted by Crippen LogP contribution is 2.15. The molecule has 7 heteroatoms. The van der Waals surface area contributed by atoms with E-state index in [1.54, 1.807) is 24.3 Å². The van der Waals surface area contributed by atoms with Crippen LogP contribution in [0.3, 0.4) is 0 Å². The lowest BCUT2D eigenvalue weighted by molar-refractivity contribution is -0.149. The molecule has 230 valence electrons. The van der Waals surface area contributed by atoms with Crippen LogP contribution in [0.25, 0.3) is 0 Å². The molecule has 0 aliphatic carbocycles. The molecule has 2 N–H and O–H groups in total. The minimum atomic E-state index is -0.355. The highest BCUT2D eigenvalue weighted by molar-refractivity contribution is 5.80. The Morgan fingerprint density at radius 1 is 0.810 bits per heavy atom. The second-order valence-corrected chi connectivity index (χ2v) is 10.7. The second kappa shape index (κ2) is 22.0. The van der Waals surface area contributed by atoms with E-state index < -0.39 is 0 Å². The fraction of sp³-hybridized carbons (Fsp3) is 0.514. The van der Waals surface area contributed by atoms with Crippen molar-refractivity contribution in [2.24, 2.45) is 0 Å². The van der Waals surface area contributed by atoms with Gasteiger partial charge < -0.3 is 19.9 Å². The van der Waals surface area contributed by atoms with Gasteiger partial charge in [-0.05, 0) is 55.4 Å². The van der Waals surface area contributed by atoms with Gasteiger partial charge in [0.05, 0.1) is 6.42 Å². The molecule has 0 bridgehead atoms. The molecule has 0 aliphatic heterocycles. The fourth-order valence-corrected chi connectivity index (χ4v) is 4.53. The Bertz CT molecular complexity index is 1050. The van der Waals surface area contributed by atoms with Crippen molar-refractivity contribution >= 4 is 17.8 Å². The standard InChI is InChI=1S/C35H49NO6/c1-2-3-4-14-19-32(42-35(40)26-29-17-12-11-13-18-29)20-15-9-7-5-6-8-10-16-21-34(39)41-28-33(38)36-27-30-22-24-31(37)25-23-30/h9,11-13,15,17-18,22-25,32,37H,2-8,10,14,16,19-21,26-28H2,1H3,(H,36,38)/b15-9-. The molecule has 0 radical (unpaired) electrons. The zero-order chi connectivity index (χ0) is 30.3. The molecule has 42 heavy (non-hydrogen) atoms. The zero-order valence-electron chi connectivity index (χ0n) is 25.2. The highest BCUT2D eigenvalue weighted by Gasteiger charge is 2.14. The van der Waals surface area contributed by atoms with Crippen LogP contribution >= 0.6 is 0 Å². The van der Waals surface area contributed by atoms with Gasteiger partial charge in [-0.25, -0.2) is 0 Å². The summed E-state index contributed by atoms with van der Waals surface area (Å²) in [5, 5.41) is 12.0. The number of phenols is 1. The maximum Gasteiger partial charge on any atom is 0.310 e. The zero-order valence-corrected chi connectivity index (χ0v) is 25.2. The SMILES string of the molecule is CCCCCCC(C/C=C\CCCCCCCC(=O)OCC(=O)NCc1ccc(O)cc1)OC(=O)Cc1ccccc1. The first-order valence-corrected chi connectivity index (χ1v) is 15.5. The summed E-state index contributed by atoms with van der Waals surface area (Å²) in [7, 11) is 0. The highest BCUT2D eigenvalue weighted by atomic mass is 16.5. The summed E-state index contributed by atoms with van der Waals surface area (Å²) in [6.07, 6.45) is 17.1. The Hall–Kier alpha value is -3.61. The average Bonchev–Trinajstić information content (AvgIpc) is 2.99. The van der Waals surface area contributed by atoms with Crippen LogP contribution < -0.4 is 5.32 Å². The molecule has 1 atom stereocenters. The van der Waals surface area contributed by atoms with Gasteiger partial charge in [-0.3, -0.25) is 14.4 Å². The predicted molar refractivity (Wildman–Crippen MR) is 166 cm³/mol. The summed E-state index contributed by atoms with van der Waals surface area (Å²) in [5.41, 5.74) is 1.83. The van der Waals surface area contributed by atoms with Crippen LogP contribution in [-0.4, -0.2) is 35.7 Å². The molecular formula is C35H49NO6. The minimum Gasteiger partial charge on any atom is -0.508 e. The van der Waals surface area contributed by atoms with E-state index in [0.29, 0.717) is 19.4 Å². The number of hydrogen-bond donors (Lipinski definition) is 2. The Labute approximate surface area is 251 Å². The van der Waals surface area contributed by atoms with Crippen LogP contribution in [0, 0.1) is 0 Å². The number of aromatic hydroxyl groups is 1.